The predicted octanol–water partition coefficient (Wildman–Crippen LogP) is 4.02. The molecule has 0 spiro atoms. The number of aryl methyl sites for hydroxylation is 1. The number of aliphatic hydroxyl groups excluding tert-OH is 1. The number of aromatic amines is 1. The van der Waals surface area contributed by atoms with Crippen LogP contribution in [0, 0.1) is 11.3 Å². The minimum absolute atomic E-state index is 0.0862. The maximum Gasteiger partial charge on any atom is 0.314 e. The van der Waals surface area contributed by atoms with Crippen molar-refractivity contribution in [2.24, 2.45) is 0 Å². The third-order valence-electron chi connectivity index (χ3n) is 5.21. The van der Waals surface area contributed by atoms with Gasteiger partial charge in [0.1, 0.15) is 5.75 Å². The van der Waals surface area contributed by atoms with Crippen LogP contribution in [-0.2, 0) is 25.5 Å². The lowest BCUT2D eigenvalue weighted by molar-refractivity contribution is 0.0309. The van der Waals surface area contributed by atoms with Gasteiger partial charge in [-0.05, 0) is 48.7 Å². The number of nitrogens with one attached hydrogen (secondary N) is 1. The van der Waals surface area contributed by atoms with Crippen LogP contribution in [0.15, 0.2) is 52.3 Å². The number of aromatic nitrogens is 3. The predicted molar refractivity (Wildman–Crippen MR) is 125 cm³/mol. The third kappa shape index (κ3) is 5.31. The number of halogens is 3. The molecule has 0 aliphatic carbocycles. The van der Waals surface area contributed by atoms with E-state index in [1.165, 1.54) is 24.3 Å². The Morgan fingerprint density at radius 3 is 2.63 bits per heavy atom. The number of pyridine rings is 1. The lowest BCUT2D eigenvalue weighted by Crippen LogP contribution is -2.29. The van der Waals surface area contributed by atoms with Gasteiger partial charge in [-0.15, -0.1) is 0 Å². The Hall–Kier alpha value is -3.81. The molecule has 0 bridgehead atoms. The molecule has 0 aliphatic rings. The highest BCUT2D eigenvalue weighted by molar-refractivity contribution is 6.30. The summed E-state index contributed by atoms with van der Waals surface area (Å²) in [5.41, 5.74) is -1.73. The van der Waals surface area contributed by atoms with Gasteiger partial charge in [0.15, 0.2) is 5.69 Å². The number of rotatable bonds is 8. The molecule has 0 atom stereocenters. The van der Waals surface area contributed by atoms with Crippen LogP contribution in [-0.4, -0.2) is 19.6 Å². The molecular weight excluding hydrogens is 482 g/mol. The maximum absolute atomic E-state index is 14.9. The number of ether oxygens (including phenoxy) is 1. The fourth-order valence-electron chi connectivity index (χ4n) is 3.32. The number of aliphatic hydroxyl groups is 1. The van der Waals surface area contributed by atoms with E-state index in [9.17, 15) is 23.5 Å². The molecule has 0 radical (unpaired) electrons. The second-order valence-corrected chi connectivity index (χ2v) is 8.18. The van der Waals surface area contributed by atoms with Crippen LogP contribution in [0.3, 0.4) is 0 Å². The summed E-state index contributed by atoms with van der Waals surface area (Å²) in [5, 5.41) is 18.7. The van der Waals surface area contributed by atoms with Crippen LogP contribution in [0.2, 0.25) is 5.02 Å². The van der Waals surface area contributed by atoms with E-state index in [0.717, 1.165) is 17.8 Å². The molecule has 2 heterocycles. The van der Waals surface area contributed by atoms with Crippen LogP contribution < -0.4 is 15.9 Å². The van der Waals surface area contributed by atoms with E-state index < -0.39 is 40.7 Å². The lowest BCUT2D eigenvalue weighted by atomic mass is 10.1. The van der Waals surface area contributed by atoms with E-state index >= 15 is 0 Å². The first-order valence-corrected chi connectivity index (χ1v) is 10.8. The highest BCUT2D eigenvalue weighted by Crippen LogP contribution is 2.38. The molecule has 1 aromatic carbocycles. The molecule has 3 aromatic rings. The molecule has 3 rings (SSSR count). The van der Waals surface area contributed by atoms with Crippen LogP contribution in [0.5, 0.6) is 11.5 Å². The fourth-order valence-corrected chi connectivity index (χ4v) is 3.55. The first-order chi connectivity index (χ1) is 16.5. The van der Waals surface area contributed by atoms with Gasteiger partial charge in [0.2, 0.25) is 5.75 Å². The SMILES string of the molecule is C=C(C)C(F)(F)c1ncn(Cc2cc(CO)c(=O)[nH]c2CC)c(=O)c1Oc1cc(Cl)cc(C#N)c1. The highest BCUT2D eigenvalue weighted by Gasteiger charge is 2.39. The Morgan fingerprint density at radius 2 is 2.03 bits per heavy atom. The number of hydrogen-bond acceptors (Lipinski definition) is 6. The molecule has 2 N–H and O–H groups in total. The Morgan fingerprint density at radius 1 is 1.31 bits per heavy atom. The monoisotopic (exact) mass is 502 g/mol. The van der Waals surface area contributed by atoms with Crippen molar-refractivity contribution >= 4 is 11.6 Å². The Kier molecular flexibility index (Phi) is 7.53. The van der Waals surface area contributed by atoms with E-state index in [4.69, 9.17) is 21.6 Å². The Balaban J connectivity index is 2.20. The summed E-state index contributed by atoms with van der Waals surface area (Å²) in [4.78, 5) is 31.8. The van der Waals surface area contributed by atoms with Gasteiger partial charge < -0.3 is 14.8 Å². The minimum atomic E-state index is -3.69. The molecule has 11 heteroatoms. The second kappa shape index (κ2) is 10.2. The quantitative estimate of drug-likeness (QED) is 0.449. The van der Waals surface area contributed by atoms with E-state index in [0.29, 0.717) is 17.7 Å². The topological polar surface area (TPSA) is 121 Å². The van der Waals surface area contributed by atoms with Crippen LogP contribution in [0.1, 0.15) is 41.9 Å². The first kappa shape index (κ1) is 25.8. The number of nitrogens with zero attached hydrogens (tertiary/aromatic N) is 3. The van der Waals surface area contributed by atoms with Gasteiger partial charge >= 0.3 is 5.92 Å². The summed E-state index contributed by atoms with van der Waals surface area (Å²) >= 11 is 5.99. The van der Waals surface area contributed by atoms with E-state index in [1.807, 2.05) is 6.07 Å². The van der Waals surface area contributed by atoms with Crippen molar-refractivity contribution in [1.29, 1.82) is 5.26 Å². The van der Waals surface area contributed by atoms with Crippen LogP contribution >= 0.6 is 11.6 Å². The van der Waals surface area contributed by atoms with E-state index in [-0.39, 0.29) is 28.4 Å². The average molecular weight is 503 g/mol. The maximum atomic E-state index is 14.9. The minimum Gasteiger partial charge on any atom is -0.449 e. The Bertz CT molecular complexity index is 1460. The zero-order valence-electron chi connectivity index (χ0n) is 18.9. The summed E-state index contributed by atoms with van der Waals surface area (Å²) in [6.07, 6.45) is 1.36. The Labute approximate surface area is 203 Å². The summed E-state index contributed by atoms with van der Waals surface area (Å²) in [6, 6.07) is 7.17. The molecule has 35 heavy (non-hydrogen) atoms. The molecule has 0 saturated heterocycles. The number of hydrogen-bond donors (Lipinski definition) is 2. The van der Waals surface area contributed by atoms with Gasteiger partial charge in [0.05, 0.1) is 31.1 Å². The summed E-state index contributed by atoms with van der Waals surface area (Å²) in [7, 11) is 0. The fraction of sp³-hybridized carbons (Fsp3) is 0.250. The lowest BCUT2D eigenvalue weighted by Gasteiger charge is -2.20. The van der Waals surface area contributed by atoms with Crippen molar-refractivity contribution in [2.45, 2.75) is 39.3 Å². The second-order valence-electron chi connectivity index (χ2n) is 7.74. The van der Waals surface area contributed by atoms with Gasteiger partial charge in [-0.25, -0.2) is 4.98 Å². The van der Waals surface area contributed by atoms with Crippen molar-refractivity contribution in [3.05, 3.63) is 96.6 Å². The summed E-state index contributed by atoms with van der Waals surface area (Å²) in [5.74, 6) is -4.57. The highest BCUT2D eigenvalue weighted by atomic mass is 35.5. The van der Waals surface area contributed by atoms with E-state index in [2.05, 4.69) is 16.5 Å². The normalized spacial score (nSPS) is 11.2. The average Bonchev–Trinajstić information content (AvgIpc) is 2.81. The molecule has 0 unspecified atom stereocenters. The smallest absolute Gasteiger partial charge is 0.314 e. The summed E-state index contributed by atoms with van der Waals surface area (Å²) < 4.78 is 36.4. The molecule has 0 fully saturated rings. The van der Waals surface area contributed by atoms with Crippen LogP contribution in [0.4, 0.5) is 8.78 Å². The molecular formula is C24H21ClF2N4O4. The van der Waals surface area contributed by atoms with Gasteiger partial charge in [0.25, 0.3) is 11.1 Å². The van der Waals surface area contributed by atoms with Crippen molar-refractivity contribution in [3.63, 3.8) is 0 Å². The standard InChI is InChI=1S/C24H21ClF2N4O4/c1-4-19-15(7-16(11-32)22(33)30-19)10-31-12-29-21(24(26,27)13(2)3)20(23(31)34)35-18-6-14(9-28)5-17(25)8-18/h5-8,12,32H,2,4,10-11H2,1,3H3,(H,30,33). The first-order valence-electron chi connectivity index (χ1n) is 10.4. The molecule has 8 nitrogen and oxygen atoms in total. The van der Waals surface area contributed by atoms with Crippen molar-refractivity contribution in [2.75, 3.05) is 0 Å². The number of nitriles is 1. The molecule has 0 saturated carbocycles. The number of benzene rings is 1. The van der Waals surface area contributed by atoms with Gasteiger partial charge in [0, 0.05) is 16.3 Å². The largest absolute Gasteiger partial charge is 0.449 e. The van der Waals surface area contributed by atoms with Crippen LogP contribution in [0.25, 0.3) is 0 Å². The zero-order chi connectivity index (χ0) is 25.9. The van der Waals surface area contributed by atoms with Gasteiger partial charge in [-0.2, -0.15) is 14.0 Å². The van der Waals surface area contributed by atoms with Crippen molar-refractivity contribution in [1.82, 2.24) is 14.5 Å². The molecule has 182 valence electrons. The molecule has 2 aromatic heterocycles. The van der Waals surface area contributed by atoms with Crippen molar-refractivity contribution in [3.8, 4) is 17.6 Å². The molecule has 0 aliphatic heterocycles. The number of H-pyrrole nitrogens is 1. The summed E-state index contributed by atoms with van der Waals surface area (Å²) in [6.45, 7) is 5.50. The number of alkyl halides is 2. The zero-order valence-corrected chi connectivity index (χ0v) is 19.6. The molecule has 0 amide bonds. The number of allylic oxidation sites excluding steroid dienone is 1. The third-order valence-corrected chi connectivity index (χ3v) is 5.43. The van der Waals surface area contributed by atoms with E-state index in [1.54, 1.807) is 6.92 Å². The van der Waals surface area contributed by atoms with Gasteiger partial charge in [-0.1, -0.05) is 25.1 Å². The van der Waals surface area contributed by atoms with Crippen molar-refractivity contribution < 1.29 is 18.6 Å². The van der Waals surface area contributed by atoms with Gasteiger partial charge in [-0.3, -0.25) is 14.2 Å².